The number of benzene rings is 1. The number of nitrogens with one attached hydrogen (secondary N) is 2. The molecule has 1 heterocycles. The van der Waals surface area contributed by atoms with Gasteiger partial charge in [0, 0.05) is 31.7 Å². The predicted molar refractivity (Wildman–Crippen MR) is 103 cm³/mol. The number of fused-ring (bicyclic) bond motifs is 2. The van der Waals surface area contributed by atoms with Crippen LogP contribution in [0.2, 0.25) is 0 Å². The fourth-order valence-corrected chi connectivity index (χ4v) is 5.21. The summed E-state index contributed by atoms with van der Waals surface area (Å²) in [5.41, 5.74) is 1.41. The standard InChI is InChI=1S/C20H29N3S/c24-20(22-19-13-16-6-7-17(19)12-16)21-18-8-10-23(11-9-18)14-15-4-2-1-3-5-15/h1-5,16-19H,6-14H2,(H2,21,22,24)/t16-,17-,19+/m0/s1. The van der Waals surface area contributed by atoms with Gasteiger partial charge >= 0.3 is 0 Å². The van der Waals surface area contributed by atoms with Crippen LogP contribution in [0, 0.1) is 11.8 Å². The summed E-state index contributed by atoms with van der Waals surface area (Å²) < 4.78 is 0. The number of hydrogen-bond acceptors (Lipinski definition) is 2. The maximum absolute atomic E-state index is 5.59. The minimum atomic E-state index is 0.538. The molecule has 1 aromatic carbocycles. The summed E-state index contributed by atoms with van der Waals surface area (Å²) in [6.07, 6.45) is 7.99. The lowest BCUT2D eigenvalue weighted by atomic mass is 9.95. The Morgan fingerprint density at radius 2 is 1.79 bits per heavy atom. The molecule has 2 saturated carbocycles. The van der Waals surface area contributed by atoms with Crippen LogP contribution in [0.15, 0.2) is 30.3 Å². The maximum Gasteiger partial charge on any atom is 0.166 e. The first-order valence-electron chi connectivity index (χ1n) is 9.59. The van der Waals surface area contributed by atoms with Gasteiger partial charge in [-0.1, -0.05) is 36.8 Å². The van der Waals surface area contributed by atoms with E-state index in [0.717, 1.165) is 36.6 Å². The zero-order valence-corrected chi connectivity index (χ0v) is 15.2. The Morgan fingerprint density at radius 3 is 2.46 bits per heavy atom. The molecular formula is C20H29N3S. The van der Waals surface area contributed by atoms with Crippen LogP contribution in [0.5, 0.6) is 0 Å². The van der Waals surface area contributed by atoms with Crippen LogP contribution in [0.4, 0.5) is 0 Å². The zero-order valence-electron chi connectivity index (χ0n) is 14.4. The second-order valence-electron chi connectivity index (χ2n) is 7.94. The summed E-state index contributed by atoms with van der Waals surface area (Å²) in [4.78, 5) is 2.56. The van der Waals surface area contributed by atoms with Crippen molar-refractivity contribution >= 4 is 17.3 Å². The monoisotopic (exact) mass is 343 g/mol. The SMILES string of the molecule is S=C(NC1CCN(Cc2ccccc2)CC1)N[C@@H]1C[C@H]2CC[C@H]1C2. The molecule has 130 valence electrons. The summed E-state index contributed by atoms with van der Waals surface area (Å²) in [6.45, 7) is 3.38. The van der Waals surface area contributed by atoms with Gasteiger partial charge in [0.05, 0.1) is 0 Å². The lowest BCUT2D eigenvalue weighted by Crippen LogP contribution is -2.50. The minimum absolute atomic E-state index is 0.538. The van der Waals surface area contributed by atoms with E-state index in [4.69, 9.17) is 12.2 Å². The third-order valence-electron chi connectivity index (χ3n) is 6.23. The molecule has 0 radical (unpaired) electrons. The molecule has 24 heavy (non-hydrogen) atoms. The molecule has 2 N–H and O–H groups in total. The van der Waals surface area contributed by atoms with E-state index in [-0.39, 0.29) is 0 Å². The second-order valence-corrected chi connectivity index (χ2v) is 8.34. The van der Waals surface area contributed by atoms with Gasteiger partial charge in [-0.25, -0.2) is 0 Å². The van der Waals surface area contributed by atoms with Crippen molar-refractivity contribution in [3.8, 4) is 0 Å². The van der Waals surface area contributed by atoms with E-state index in [0.29, 0.717) is 12.1 Å². The second kappa shape index (κ2) is 7.40. The Balaban J connectivity index is 1.18. The van der Waals surface area contributed by atoms with E-state index in [1.807, 2.05) is 0 Å². The average molecular weight is 344 g/mol. The Morgan fingerprint density at radius 1 is 1.00 bits per heavy atom. The fraction of sp³-hybridized carbons (Fsp3) is 0.650. The molecule has 0 unspecified atom stereocenters. The molecule has 2 aliphatic carbocycles. The van der Waals surface area contributed by atoms with E-state index in [9.17, 15) is 0 Å². The highest BCUT2D eigenvalue weighted by atomic mass is 32.1. The van der Waals surface area contributed by atoms with Gasteiger partial charge in [0.15, 0.2) is 5.11 Å². The van der Waals surface area contributed by atoms with E-state index >= 15 is 0 Å². The van der Waals surface area contributed by atoms with Crippen molar-refractivity contribution in [3.05, 3.63) is 35.9 Å². The largest absolute Gasteiger partial charge is 0.360 e. The summed E-state index contributed by atoms with van der Waals surface area (Å²) in [7, 11) is 0. The van der Waals surface area contributed by atoms with Crippen molar-refractivity contribution in [1.82, 2.24) is 15.5 Å². The van der Waals surface area contributed by atoms with Crippen LogP contribution in [0.1, 0.15) is 44.1 Å². The molecule has 2 bridgehead atoms. The predicted octanol–water partition coefficient (Wildman–Crippen LogP) is 3.30. The number of thiocarbonyl (C=S) groups is 1. The van der Waals surface area contributed by atoms with Crippen LogP contribution in [0.25, 0.3) is 0 Å². The summed E-state index contributed by atoms with van der Waals surface area (Å²) in [5, 5.41) is 8.10. The van der Waals surface area contributed by atoms with E-state index < -0.39 is 0 Å². The van der Waals surface area contributed by atoms with E-state index in [1.165, 1.54) is 44.1 Å². The number of nitrogens with zero attached hydrogens (tertiary/aromatic N) is 1. The summed E-state index contributed by atoms with van der Waals surface area (Å²) >= 11 is 5.59. The number of hydrogen-bond donors (Lipinski definition) is 2. The van der Waals surface area contributed by atoms with Gasteiger partial charge < -0.3 is 10.6 Å². The van der Waals surface area contributed by atoms with Gasteiger partial charge in [-0.2, -0.15) is 0 Å². The van der Waals surface area contributed by atoms with Gasteiger partial charge in [0.1, 0.15) is 0 Å². The molecule has 0 aromatic heterocycles. The van der Waals surface area contributed by atoms with Gasteiger partial charge in [-0.15, -0.1) is 0 Å². The van der Waals surface area contributed by atoms with Crippen molar-refractivity contribution in [2.75, 3.05) is 13.1 Å². The molecule has 3 fully saturated rings. The van der Waals surface area contributed by atoms with Crippen molar-refractivity contribution in [2.45, 2.75) is 57.2 Å². The first-order valence-corrected chi connectivity index (χ1v) is 10.0. The molecule has 4 heteroatoms. The zero-order chi connectivity index (χ0) is 16.4. The normalized spacial score (nSPS) is 30.4. The first kappa shape index (κ1) is 16.3. The maximum atomic E-state index is 5.59. The smallest absolute Gasteiger partial charge is 0.166 e. The highest BCUT2D eigenvalue weighted by Crippen LogP contribution is 2.44. The first-order chi connectivity index (χ1) is 11.8. The molecule has 3 aliphatic rings. The highest BCUT2D eigenvalue weighted by Gasteiger charge is 2.39. The van der Waals surface area contributed by atoms with Gasteiger partial charge in [-0.3, -0.25) is 4.90 Å². The lowest BCUT2D eigenvalue weighted by molar-refractivity contribution is 0.198. The number of rotatable bonds is 4. The highest BCUT2D eigenvalue weighted by molar-refractivity contribution is 7.80. The molecule has 0 spiro atoms. The fourth-order valence-electron chi connectivity index (χ4n) is 4.89. The Labute approximate surface area is 151 Å². The van der Waals surface area contributed by atoms with Crippen LogP contribution in [-0.2, 0) is 6.54 Å². The molecule has 3 atom stereocenters. The molecule has 1 aliphatic heterocycles. The third kappa shape index (κ3) is 3.92. The van der Waals surface area contributed by atoms with Crippen molar-refractivity contribution in [3.63, 3.8) is 0 Å². The van der Waals surface area contributed by atoms with Crippen LogP contribution < -0.4 is 10.6 Å². The van der Waals surface area contributed by atoms with E-state index in [1.54, 1.807) is 0 Å². The molecule has 1 aromatic rings. The van der Waals surface area contributed by atoms with E-state index in [2.05, 4.69) is 45.9 Å². The van der Waals surface area contributed by atoms with Crippen molar-refractivity contribution in [2.24, 2.45) is 11.8 Å². The Hall–Kier alpha value is -1.13. The Kier molecular flexibility index (Phi) is 5.04. The number of piperidine rings is 1. The molecular weight excluding hydrogens is 314 g/mol. The molecule has 1 saturated heterocycles. The van der Waals surface area contributed by atoms with Crippen LogP contribution in [-0.4, -0.2) is 35.2 Å². The molecule has 0 amide bonds. The quantitative estimate of drug-likeness (QED) is 0.820. The molecule has 3 nitrogen and oxygen atoms in total. The van der Waals surface area contributed by atoms with Crippen LogP contribution >= 0.6 is 12.2 Å². The van der Waals surface area contributed by atoms with Gasteiger partial charge in [0.2, 0.25) is 0 Å². The molecule has 4 rings (SSSR count). The van der Waals surface area contributed by atoms with Gasteiger partial charge in [-0.05, 0) is 61.7 Å². The van der Waals surface area contributed by atoms with Crippen molar-refractivity contribution < 1.29 is 0 Å². The average Bonchev–Trinajstić information content (AvgIpc) is 3.20. The Bertz CT molecular complexity index is 553. The minimum Gasteiger partial charge on any atom is -0.360 e. The van der Waals surface area contributed by atoms with Gasteiger partial charge in [0.25, 0.3) is 0 Å². The summed E-state index contributed by atoms with van der Waals surface area (Å²) in [5.74, 6) is 1.85. The van der Waals surface area contributed by atoms with Crippen LogP contribution in [0.3, 0.4) is 0 Å². The number of likely N-dealkylation sites (tertiary alicyclic amines) is 1. The van der Waals surface area contributed by atoms with Crippen molar-refractivity contribution in [1.29, 1.82) is 0 Å². The third-order valence-corrected chi connectivity index (χ3v) is 6.46. The summed E-state index contributed by atoms with van der Waals surface area (Å²) in [6, 6.07) is 12.0. The lowest BCUT2D eigenvalue weighted by Gasteiger charge is -2.34. The topological polar surface area (TPSA) is 27.3 Å².